The highest BCUT2D eigenvalue weighted by Crippen LogP contribution is 2.16. The van der Waals surface area contributed by atoms with Crippen molar-refractivity contribution < 1.29 is 18.8 Å². The van der Waals surface area contributed by atoms with E-state index in [-0.39, 0.29) is 12.3 Å². The molecule has 0 saturated carbocycles. The topological polar surface area (TPSA) is 112 Å². The van der Waals surface area contributed by atoms with E-state index in [9.17, 15) is 14.4 Å². The molecular formula is C20H18N4O4. The molecule has 0 unspecified atom stereocenters. The Morgan fingerprint density at radius 1 is 0.750 bits per heavy atom. The summed E-state index contributed by atoms with van der Waals surface area (Å²) in [6, 6.07) is 18.2. The van der Waals surface area contributed by atoms with Crippen LogP contribution in [0.5, 0.6) is 0 Å². The van der Waals surface area contributed by atoms with Crippen LogP contribution in [0.3, 0.4) is 0 Å². The summed E-state index contributed by atoms with van der Waals surface area (Å²) in [7, 11) is 0. The van der Waals surface area contributed by atoms with E-state index >= 15 is 0 Å². The second kappa shape index (κ2) is 9.04. The Morgan fingerprint density at radius 3 is 2.18 bits per heavy atom. The average Bonchev–Trinajstić information content (AvgIpc) is 3.22. The smallest absolute Gasteiger partial charge is 0.319 e. The Labute approximate surface area is 160 Å². The van der Waals surface area contributed by atoms with Crippen molar-refractivity contribution in [3.8, 4) is 0 Å². The molecule has 3 aromatic rings. The van der Waals surface area contributed by atoms with Gasteiger partial charge in [0.05, 0.1) is 12.8 Å². The number of carbonyl (C=O) groups is 3. The number of hydrogen-bond acceptors (Lipinski definition) is 4. The van der Waals surface area contributed by atoms with Crippen LogP contribution in [0.1, 0.15) is 10.6 Å². The van der Waals surface area contributed by atoms with E-state index < -0.39 is 17.8 Å². The van der Waals surface area contributed by atoms with Gasteiger partial charge in [0.1, 0.15) is 0 Å². The molecule has 0 fully saturated rings. The van der Waals surface area contributed by atoms with Crippen molar-refractivity contribution in [3.05, 3.63) is 78.8 Å². The Balaban J connectivity index is 1.48. The van der Waals surface area contributed by atoms with Crippen LogP contribution >= 0.6 is 0 Å². The Hall–Kier alpha value is -4.07. The molecule has 0 aliphatic carbocycles. The van der Waals surface area contributed by atoms with E-state index in [2.05, 4.69) is 21.3 Å². The standard InChI is InChI=1S/C20H18N4O4/c25-18(13-21-20(27)24-14-6-2-1-3-7-14)22-15-8-4-9-16(12-15)23-19(26)17-10-5-11-28-17/h1-12H,13H2,(H,22,25)(H,23,26)(H2,21,24,27). The highest BCUT2D eigenvalue weighted by atomic mass is 16.3. The first-order valence-electron chi connectivity index (χ1n) is 8.45. The number of nitrogens with one attached hydrogen (secondary N) is 4. The molecule has 1 heterocycles. The third kappa shape index (κ3) is 5.46. The highest BCUT2D eigenvalue weighted by molar-refractivity contribution is 6.03. The summed E-state index contributed by atoms with van der Waals surface area (Å²) in [4.78, 5) is 35.8. The number of para-hydroxylation sites is 1. The van der Waals surface area contributed by atoms with Gasteiger partial charge in [0.2, 0.25) is 5.91 Å². The molecule has 1 aromatic heterocycles. The van der Waals surface area contributed by atoms with Gasteiger partial charge in [0.25, 0.3) is 5.91 Å². The summed E-state index contributed by atoms with van der Waals surface area (Å²) in [6.07, 6.45) is 1.41. The lowest BCUT2D eigenvalue weighted by atomic mass is 10.2. The van der Waals surface area contributed by atoms with Crippen LogP contribution in [-0.4, -0.2) is 24.4 Å². The van der Waals surface area contributed by atoms with Crippen LogP contribution in [0.25, 0.3) is 0 Å². The van der Waals surface area contributed by atoms with Gasteiger partial charge in [-0.2, -0.15) is 0 Å². The lowest BCUT2D eigenvalue weighted by Gasteiger charge is -2.10. The largest absolute Gasteiger partial charge is 0.459 e. The zero-order valence-electron chi connectivity index (χ0n) is 14.8. The molecule has 4 N–H and O–H groups in total. The van der Waals surface area contributed by atoms with Crippen LogP contribution in [0.15, 0.2) is 77.4 Å². The number of amides is 4. The summed E-state index contributed by atoms with van der Waals surface area (Å²) in [5, 5.41) is 10.4. The van der Waals surface area contributed by atoms with Gasteiger partial charge >= 0.3 is 6.03 Å². The molecule has 0 atom stereocenters. The predicted molar refractivity (Wildman–Crippen MR) is 105 cm³/mol. The molecule has 28 heavy (non-hydrogen) atoms. The lowest BCUT2D eigenvalue weighted by Crippen LogP contribution is -2.35. The third-order valence-corrected chi connectivity index (χ3v) is 3.59. The molecule has 2 aromatic carbocycles. The molecular weight excluding hydrogens is 360 g/mol. The third-order valence-electron chi connectivity index (χ3n) is 3.59. The first-order chi connectivity index (χ1) is 13.6. The number of rotatable bonds is 6. The maximum Gasteiger partial charge on any atom is 0.319 e. The quantitative estimate of drug-likeness (QED) is 0.527. The normalized spacial score (nSPS) is 10.0. The molecule has 142 valence electrons. The molecule has 0 aliphatic heterocycles. The van der Waals surface area contributed by atoms with Crippen LogP contribution < -0.4 is 21.3 Å². The van der Waals surface area contributed by atoms with Gasteiger partial charge in [-0.3, -0.25) is 9.59 Å². The first-order valence-corrected chi connectivity index (χ1v) is 8.45. The molecule has 8 nitrogen and oxygen atoms in total. The van der Waals surface area contributed by atoms with E-state index in [1.165, 1.54) is 6.26 Å². The molecule has 4 amide bonds. The van der Waals surface area contributed by atoms with E-state index in [1.807, 2.05) is 6.07 Å². The molecule has 3 rings (SSSR count). The highest BCUT2D eigenvalue weighted by Gasteiger charge is 2.10. The molecule has 0 saturated heterocycles. The van der Waals surface area contributed by atoms with Crippen molar-refractivity contribution in [1.29, 1.82) is 0 Å². The summed E-state index contributed by atoms with van der Waals surface area (Å²) in [6.45, 7) is -0.207. The minimum absolute atomic E-state index is 0.183. The molecule has 0 bridgehead atoms. The van der Waals surface area contributed by atoms with Gasteiger partial charge in [-0.1, -0.05) is 24.3 Å². The molecule has 0 radical (unpaired) electrons. The lowest BCUT2D eigenvalue weighted by molar-refractivity contribution is -0.115. The van der Waals surface area contributed by atoms with Crippen LogP contribution in [-0.2, 0) is 4.79 Å². The van der Waals surface area contributed by atoms with E-state index in [0.29, 0.717) is 17.1 Å². The second-order valence-electron chi connectivity index (χ2n) is 5.73. The molecule has 0 spiro atoms. The maximum absolute atomic E-state index is 12.0. The maximum atomic E-state index is 12.0. The van der Waals surface area contributed by atoms with Gasteiger partial charge < -0.3 is 25.7 Å². The zero-order chi connectivity index (χ0) is 19.8. The number of anilines is 3. The fraction of sp³-hybridized carbons (Fsp3) is 0.0500. The number of benzene rings is 2. The SMILES string of the molecule is O=C(CNC(=O)Nc1ccccc1)Nc1cccc(NC(=O)c2ccco2)c1. The number of urea groups is 1. The number of furan rings is 1. The fourth-order valence-electron chi connectivity index (χ4n) is 2.34. The van der Waals surface area contributed by atoms with Crippen LogP contribution in [0, 0.1) is 0 Å². The Kier molecular flexibility index (Phi) is 6.04. The van der Waals surface area contributed by atoms with Crippen molar-refractivity contribution in [3.63, 3.8) is 0 Å². The number of carbonyl (C=O) groups excluding carboxylic acids is 3. The summed E-state index contributed by atoms with van der Waals surface area (Å²) >= 11 is 0. The summed E-state index contributed by atoms with van der Waals surface area (Å²) < 4.78 is 5.03. The first kappa shape index (κ1) is 18.7. The fourth-order valence-corrected chi connectivity index (χ4v) is 2.34. The molecule has 8 heteroatoms. The summed E-state index contributed by atoms with van der Waals surface area (Å²) in [5.74, 6) is -0.617. The minimum atomic E-state index is -0.485. The van der Waals surface area contributed by atoms with Gasteiger partial charge in [-0.25, -0.2) is 4.79 Å². The van der Waals surface area contributed by atoms with Crippen molar-refractivity contribution in [2.45, 2.75) is 0 Å². The van der Waals surface area contributed by atoms with Crippen molar-refractivity contribution in [2.24, 2.45) is 0 Å². The Bertz CT molecular complexity index is 955. The van der Waals surface area contributed by atoms with E-state index in [0.717, 1.165) is 0 Å². The average molecular weight is 378 g/mol. The van der Waals surface area contributed by atoms with E-state index in [1.54, 1.807) is 60.7 Å². The van der Waals surface area contributed by atoms with Gasteiger partial charge in [0, 0.05) is 17.1 Å². The van der Waals surface area contributed by atoms with Crippen molar-refractivity contribution >= 4 is 34.9 Å². The zero-order valence-corrected chi connectivity index (χ0v) is 14.8. The summed E-state index contributed by atoms with van der Waals surface area (Å²) in [5.41, 5.74) is 1.60. The van der Waals surface area contributed by atoms with Crippen LogP contribution in [0.4, 0.5) is 21.9 Å². The number of hydrogen-bond donors (Lipinski definition) is 4. The van der Waals surface area contributed by atoms with Gasteiger partial charge in [-0.15, -0.1) is 0 Å². The van der Waals surface area contributed by atoms with Crippen molar-refractivity contribution in [1.82, 2.24) is 5.32 Å². The second-order valence-corrected chi connectivity index (χ2v) is 5.73. The predicted octanol–water partition coefficient (Wildman–Crippen LogP) is 3.29. The monoisotopic (exact) mass is 378 g/mol. The van der Waals surface area contributed by atoms with Gasteiger partial charge in [-0.05, 0) is 42.5 Å². The Morgan fingerprint density at radius 2 is 1.46 bits per heavy atom. The van der Waals surface area contributed by atoms with Gasteiger partial charge in [0.15, 0.2) is 5.76 Å². The minimum Gasteiger partial charge on any atom is -0.459 e. The van der Waals surface area contributed by atoms with E-state index in [4.69, 9.17) is 4.42 Å². The molecule has 0 aliphatic rings. The van der Waals surface area contributed by atoms with Crippen molar-refractivity contribution in [2.75, 3.05) is 22.5 Å². The van der Waals surface area contributed by atoms with Crippen LogP contribution in [0.2, 0.25) is 0 Å².